The highest BCUT2D eigenvalue weighted by molar-refractivity contribution is 8.00. The lowest BCUT2D eigenvalue weighted by molar-refractivity contribution is 0.0256. The van der Waals surface area contributed by atoms with Gasteiger partial charge in [0.25, 0.3) is 0 Å². The Morgan fingerprint density at radius 1 is 1.39 bits per heavy atom. The van der Waals surface area contributed by atoms with Crippen LogP contribution in [0.2, 0.25) is 0 Å². The molecule has 1 aromatic rings. The Morgan fingerprint density at radius 2 is 2.17 bits per heavy atom. The molecule has 1 unspecified atom stereocenters. The summed E-state index contributed by atoms with van der Waals surface area (Å²) in [5.74, 6) is 0.879. The van der Waals surface area contributed by atoms with Gasteiger partial charge in [-0.1, -0.05) is 18.1 Å². The molecule has 0 bridgehead atoms. The van der Waals surface area contributed by atoms with Crippen LogP contribution < -0.4 is 4.74 Å². The fraction of sp³-hybridized carbons (Fsp3) is 0.600. The van der Waals surface area contributed by atoms with Crippen molar-refractivity contribution < 1.29 is 9.84 Å². The van der Waals surface area contributed by atoms with Crippen molar-refractivity contribution in [1.82, 2.24) is 0 Å². The highest BCUT2D eigenvalue weighted by Crippen LogP contribution is 2.51. The van der Waals surface area contributed by atoms with Crippen LogP contribution in [0, 0.1) is 6.92 Å². The van der Waals surface area contributed by atoms with Crippen LogP contribution in [0.1, 0.15) is 42.9 Å². The standard InChI is InChI=1S/C15H20O2S/c1-10-4-5-13-11(8-10)12(16)9-14(17-13)15(18-2)6-3-7-15/h4-5,8,12,14,16H,3,6-7,9H2,1-2H3/t12-,14?/m0/s1. The average molecular weight is 264 g/mol. The molecule has 1 saturated carbocycles. The summed E-state index contributed by atoms with van der Waals surface area (Å²) in [6.45, 7) is 2.05. The maximum atomic E-state index is 10.3. The monoisotopic (exact) mass is 264 g/mol. The third-order valence-electron chi connectivity index (χ3n) is 4.42. The van der Waals surface area contributed by atoms with E-state index in [0.29, 0.717) is 0 Å². The van der Waals surface area contributed by atoms with E-state index in [1.807, 2.05) is 23.9 Å². The third kappa shape index (κ3) is 1.84. The maximum Gasteiger partial charge on any atom is 0.125 e. The lowest BCUT2D eigenvalue weighted by Gasteiger charge is -2.48. The molecule has 98 valence electrons. The molecule has 1 aliphatic heterocycles. The second-order valence-electron chi connectivity index (χ2n) is 5.52. The van der Waals surface area contributed by atoms with Crippen molar-refractivity contribution in [3.8, 4) is 5.75 Å². The quantitative estimate of drug-likeness (QED) is 0.887. The Labute approximate surface area is 113 Å². The van der Waals surface area contributed by atoms with E-state index in [9.17, 15) is 5.11 Å². The molecule has 18 heavy (non-hydrogen) atoms. The number of ether oxygens (including phenoxy) is 1. The minimum Gasteiger partial charge on any atom is -0.488 e. The van der Waals surface area contributed by atoms with Gasteiger partial charge < -0.3 is 9.84 Å². The fourth-order valence-corrected chi connectivity index (χ4v) is 4.18. The molecule has 3 rings (SSSR count). The summed E-state index contributed by atoms with van der Waals surface area (Å²) in [5, 5.41) is 10.3. The van der Waals surface area contributed by atoms with Crippen molar-refractivity contribution in [3.05, 3.63) is 29.3 Å². The van der Waals surface area contributed by atoms with E-state index in [1.54, 1.807) is 0 Å². The van der Waals surface area contributed by atoms with E-state index in [1.165, 1.54) is 24.8 Å². The van der Waals surface area contributed by atoms with Crippen molar-refractivity contribution in [2.45, 2.75) is 49.6 Å². The molecule has 0 spiro atoms. The fourth-order valence-electron chi connectivity index (χ4n) is 3.07. The number of rotatable bonds is 2. The minimum absolute atomic E-state index is 0.159. The zero-order chi connectivity index (χ0) is 12.8. The van der Waals surface area contributed by atoms with Gasteiger partial charge in [-0.05, 0) is 38.2 Å². The molecule has 0 saturated heterocycles. The van der Waals surface area contributed by atoms with Gasteiger partial charge in [-0.15, -0.1) is 0 Å². The Balaban J connectivity index is 1.89. The number of aliphatic hydroxyl groups is 1. The number of aryl methyl sites for hydroxylation is 1. The summed E-state index contributed by atoms with van der Waals surface area (Å²) in [6.07, 6.45) is 6.41. The first-order valence-electron chi connectivity index (χ1n) is 6.65. The van der Waals surface area contributed by atoms with Gasteiger partial charge in [0, 0.05) is 12.0 Å². The smallest absolute Gasteiger partial charge is 0.125 e. The van der Waals surface area contributed by atoms with Crippen molar-refractivity contribution in [1.29, 1.82) is 0 Å². The second-order valence-corrected chi connectivity index (χ2v) is 6.74. The second kappa shape index (κ2) is 4.46. The van der Waals surface area contributed by atoms with Crippen LogP contribution >= 0.6 is 11.8 Å². The van der Waals surface area contributed by atoms with Crippen LogP contribution in [0.25, 0.3) is 0 Å². The van der Waals surface area contributed by atoms with E-state index in [-0.39, 0.29) is 17.0 Å². The summed E-state index contributed by atoms with van der Waals surface area (Å²) in [4.78, 5) is 0. The van der Waals surface area contributed by atoms with Gasteiger partial charge in [0.1, 0.15) is 11.9 Å². The van der Waals surface area contributed by atoms with E-state index in [4.69, 9.17) is 4.74 Å². The molecule has 2 nitrogen and oxygen atoms in total. The van der Waals surface area contributed by atoms with E-state index in [0.717, 1.165) is 17.7 Å². The molecule has 1 N–H and O–H groups in total. The largest absolute Gasteiger partial charge is 0.488 e. The predicted molar refractivity (Wildman–Crippen MR) is 75.3 cm³/mol. The van der Waals surface area contributed by atoms with Crippen molar-refractivity contribution in [3.63, 3.8) is 0 Å². The number of thioether (sulfide) groups is 1. The summed E-state index contributed by atoms with van der Waals surface area (Å²) >= 11 is 1.91. The zero-order valence-electron chi connectivity index (χ0n) is 11.0. The summed E-state index contributed by atoms with van der Waals surface area (Å²) in [7, 11) is 0. The first-order valence-corrected chi connectivity index (χ1v) is 7.87. The first kappa shape index (κ1) is 12.4. The molecule has 2 aliphatic rings. The minimum atomic E-state index is -0.372. The molecule has 1 heterocycles. The van der Waals surface area contributed by atoms with E-state index >= 15 is 0 Å². The third-order valence-corrected chi connectivity index (χ3v) is 5.91. The van der Waals surface area contributed by atoms with Gasteiger partial charge in [0.05, 0.1) is 10.9 Å². The van der Waals surface area contributed by atoms with Crippen molar-refractivity contribution in [2.75, 3.05) is 6.26 Å². The van der Waals surface area contributed by atoms with Gasteiger partial charge in [-0.2, -0.15) is 11.8 Å². The number of aliphatic hydroxyl groups excluding tert-OH is 1. The van der Waals surface area contributed by atoms with Crippen LogP contribution in [-0.2, 0) is 0 Å². The molecule has 3 heteroatoms. The number of benzene rings is 1. The highest BCUT2D eigenvalue weighted by Gasteiger charge is 2.47. The lowest BCUT2D eigenvalue weighted by atomic mass is 9.76. The molecule has 0 radical (unpaired) electrons. The Hall–Kier alpha value is -0.670. The van der Waals surface area contributed by atoms with Gasteiger partial charge in [0.15, 0.2) is 0 Å². The number of hydrogen-bond donors (Lipinski definition) is 1. The van der Waals surface area contributed by atoms with Crippen LogP contribution in [0.15, 0.2) is 18.2 Å². The molecular formula is C15H20O2S. The Morgan fingerprint density at radius 3 is 2.78 bits per heavy atom. The summed E-state index contributed by atoms with van der Waals surface area (Å²) < 4.78 is 6.41. The van der Waals surface area contributed by atoms with Crippen LogP contribution in [-0.4, -0.2) is 22.2 Å². The average Bonchev–Trinajstić information content (AvgIpc) is 2.29. The highest BCUT2D eigenvalue weighted by atomic mass is 32.2. The maximum absolute atomic E-state index is 10.3. The summed E-state index contributed by atoms with van der Waals surface area (Å²) in [5.41, 5.74) is 2.14. The SMILES string of the molecule is CSC1(C2C[C@H](O)c3cc(C)ccc3O2)CCC1. The number of hydrogen-bond acceptors (Lipinski definition) is 3. The zero-order valence-corrected chi connectivity index (χ0v) is 11.8. The first-order chi connectivity index (χ1) is 8.64. The van der Waals surface area contributed by atoms with Gasteiger partial charge in [-0.3, -0.25) is 0 Å². The van der Waals surface area contributed by atoms with Crippen molar-refractivity contribution >= 4 is 11.8 Å². The molecule has 1 fully saturated rings. The molecule has 2 atom stereocenters. The molecule has 0 aromatic heterocycles. The van der Waals surface area contributed by atoms with Gasteiger partial charge >= 0.3 is 0 Å². The van der Waals surface area contributed by atoms with Gasteiger partial charge in [0.2, 0.25) is 0 Å². The summed E-state index contributed by atoms with van der Waals surface area (Å²) in [6, 6.07) is 6.11. The van der Waals surface area contributed by atoms with Crippen LogP contribution in [0.4, 0.5) is 0 Å². The molecular weight excluding hydrogens is 244 g/mol. The van der Waals surface area contributed by atoms with Crippen LogP contribution in [0.5, 0.6) is 5.75 Å². The van der Waals surface area contributed by atoms with Crippen LogP contribution in [0.3, 0.4) is 0 Å². The normalized spacial score (nSPS) is 29.1. The topological polar surface area (TPSA) is 29.5 Å². The molecule has 1 aliphatic carbocycles. The molecule has 1 aromatic carbocycles. The van der Waals surface area contributed by atoms with Crippen molar-refractivity contribution in [2.24, 2.45) is 0 Å². The van der Waals surface area contributed by atoms with E-state index < -0.39 is 0 Å². The lowest BCUT2D eigenvalue weighted by Crippen LogP contribution is -2.50. The Kier molecular flexibility index (Phi) is 3.07. The predicted octanol–water partition coefficient (Wildman–Crippen LogP) is 3.47. The molecule has 0 amide bonds. The van der Waals surface area contributed by atoms with Gasteiger partial charge in [-0.25, -0.2) is 0 Å². The van der Waals surface area contributed by atoms with E-state index in [2.05, 4.69) is 19.2 Å². The Bertz CT molecular complexity index is 448. The number of fused-ring (bicyclic) bond motifs is 1.